The number of pyridine rings is 1. The zero-order chi connectivity index (χ0) is 18.1. The molecular weight excluding hydrogens is 352 g/mol. The van der Waals surface area contributed by atoms with Crippen molar-refractivity contribution in [3.05, 3.63) is 66.9 Å². The first kappa shape index (κ1) is 16.8. The molecule has 3 heterocycles. The van der Waals surface area contributed by atoms with Gasteiger partial charge in [0, 0.05) is 36.5 Å². The number of rotatable bonds is 5. The Labute approximate surface area is 152 Å². The molecule has 134 valence electrons. The van der Waals surface area contributed by atoms with Crippen molar-refractivity contribution in [2.24, 2.45) is 0 Å². The first-order valence-electron chi connectivity index (χ1n) is 8.21. The van der Waals surface area contributed by atoms with Gasteiger partial charge in [-0.3, -0.25) is 4.98 Å². The number of sulfonamides is 1. The van der Waals surface area contributed by atoms with Crippen LogP contribution in [0.5, 0.6) is 5.75 Å². The fourth-order valence-electron chi connectivity index (χ4n) is 3.06. The lowest BCUT2D eigenvalue weighted by atomic mass is 9.99. The van der Waals surface area contributed by atoms with E-state index in [2.05, 4.69) is 4.98 Å². The third kappa shape index (κ3) is 2.89. The van der Waals surface area contributed by atoms with Gasteiger partial charge in [-0.05, 0) is 35.9 Å². The summed E-state index contributed by atoms with van der Waals surface area (Å²) in [5, 5.41) is 0. The predicted octanol–water partition coefficient (Wildman–Crippen LogP) is 3.14. The van der Waals surface area contributed by atoms with Gasteiger partial charge in [-0.1, -0.05) is 12.1 Å². The van der Waals surface area contributed by atoms with Crippen LogP contribution in [0.4, 0.5) is 0 Å². The SMILES string of the molecule is COc1ccc(-c2ccoc2)cc1S(=O)(=O)N1CC(c2ccccn2)C1. The zero-order valence-electron chi connectivity index (χ0n) is 14.2. The Morgan fingerprint density at radius 3 is 2.65 bits per heavy atom. The van der Waals surface area contributed by atoms with Gasteiger partial charge in [0.1, 0.15) is 10.6 Å². The molecule has 0 saturated carbocycles. The highest BCUT2D eigenvalue weighted by Gasteiger charge is 2.39. The van der Waals surface area contributed by atoms with Crippen LogP contribution in [-0.2, 0) is 10.0 Å². The Balaban J connectivity index is 1.63. The molecular formula is C19H18N2O4S. The minimum Gasteiger partial charge on any atom is -0.495 e. The molecule has 3 aromatic rings. The number of hydrogen-bond acceptors (Lipinski definition) is 5. The summed E-state index contributed by atoms with van der Waals surface area (Å²) in [5.74, 6) is 0.451. The van der Waals surface area contributed by atoms with E-state index in [1.54, 1.807) is 36.9 Å². The Morgan fingerprint density at radius 2 is 2.00 bits per heavy atom. The molecule has 0 N–H and O–H groups in total. The smallest absolute Gasteiger partial charge is 0.246 e. The van der Waals surface area contributed by atoms with E-state index in [0.29, 0.717) is 18.8 Å². The van der Waals surface area contributed by atoms with E-state index in [9.17, 15) is 8.42 Å². The minimum atomic E-state index is -3.65. The number of hydrogen-bond donors (Lipinski definition) is 0. The highest BCUT2D eigenvalue weighted by Crippen LogP contribution is 2.36. The van der Waals surface area contributed by atoms with Crippen molar-refractivity contribution in [2.75, 3.05) is 20.2 Å². The zero-order valence-corrected chi connectivity index (χ0v) is 15.0. The van der Waals surface area contributed by atoms with Crippen LogP contribution in [0, 0.1) is 0 Å². The molecule has 7 heteroatoms. The fourth-order valence-corrected chi connectivity index (χ4v) is 4.78. The number of aromatic nitrogens is 1. The molecule has 0 aliphatic carbocycles. The summed E-state index contributed by atoms with van der Waals surface area (Å²) in [7, 11) is -2.18. The molecule has 2 aromatic heterocycles. The first-order chi connectivity index (χ1) is 12.6. The highest BCUT2D eigenvalue weighted by atomic mass is 32.2. The van der Waals surface area contributed by atoms with Crippen LogP contribution in [0.15, 0.2) is 70.5 Å². The van der Waals surface area contributed by atoms with Crippen molar-refractivity contribution in [2.45, 2.75) is 10.8 Å². The first-order valence-corrected chi connectivity index (χ1v) is 9.65. The normalized spacial score (nSPS) is 15.6. The maximum atomic E-state index is 13.1. The molecule has 0 unspecified atom stereocenters. The van der Waals surface area contributed by atoms with Crippen LogP contribution in [0.2, 0.25) is 0 Å². The Kier molecular flexibility index (Phi) is 4.26. The molecule has 1 aromatic carbocycles. The third-order valence-corrected chi connectivity index (χ3v) is 6.44. The summed E-state index contributed by atoms with van der Waals surface area (Å²) in [5.41, 5.74) is 2.50. The molecule has 0 amide bonds. The van der Waals surface area contributed by atoms with E-state index in [1.165, 1.54) is 11.4 Å². The van der Waals surface area contributed by atoms with E-state index in [1.807, 2.05) is 24.3 Å². The van der Waals surface area contributed by atoms with E-state index in [0.717, 1.165) is 16.8 Å². The second-order valence-electron chi connectivity index (χ2n) is 6.15. The summed E-state index contributed by atoms with van der Waals surface area (Å²) in [4.78, 5) is 4.48. The maximum Gasteiger partial charge on any atom is 0.246 e. The average molecular weight is 370 g/mol. The molecule has 0 radical (unpaired) electrons. The standard InChI is InChI=1S/C19H18N2O4S/c1-24-18-6-5-14(15-7-9-25-13-15)10-19(18)26(22,23)21-11-16(12-21)17-4-2-3-8-20-17/h2-10,13,16H,11-12H2,1H3. The van der Waals surface area contributed by atoms with Crippen LogP contribution in [0.25, 0.3) is 11.1 Å². The van der Waals surface area contributed by atoms with Gasteiger partial charge in [0.2, 0.25) is 10.0 Å². The minimum absolute atomic E-state index is 0.119. The molecule has 1 fully saturated rings. The fraction of sp³-hybridized carbons (Fsp3) is 0.211. The van der Waals surface area contributed by atoms with Gasteiger partial charge in [0.15, 0.2) is 0 Å². The largest absolute Gasteiger partial charge is 0.495 e. The molecule has 1 aliphatic rings. The number of nitrogens with zero attached hydrogens (tertiary/aromatic N) is 2. The van der Waals surface area contributed by atoms with Gasteiger partial charge in [-0.25, -0.2) is 8.42 Å². The van der Waals surface area contributed by atoms with Crippen LogP contribution >= 0.6 is 0 Å². The Hall–Kier alpha value is -2.64. The van der Waals surface area contributed by atoms with Gasteiger partial charge in [-0.15, -0.1) is 0 Å². The second-order valence-corrected chi connectivity index (χ2v) is 8.06. The maximum absolute atomic E-state index is 13.1. The summed E-state index contributed by atoms with van der Waals surface area (Å²) in [6.45, 7) is 0.830. The van der Waals surface area contributed by atoms with Gasteiger partial charge >= 0.3 is 0 Å². The van der Waals surface area contributed by atoms with Crippen molar-refractivity contribution < 1.29 is 17.6 Å². The van der Waals surface area contributed by atoms with E-state index in [4.69, 9.17) is 9.15 Å². The summed E-state index contributed by atoms with van der Waals surface area (Å²) >= 11 is 0. The number of furan rings is 1. The Bertz CT molecular complexity index is 995. The molecule has 0 bridgehead atoms. The quantitative estimate of drug-likeness (QED) is 0.690. The molecule has 1 aliphatic heterocycles. The molecule has 0 atom stereocenters. The molecule has 0 spiro atoms. The lowest BCUT2D eigenvalue weighted by Gasteiger charge is -2.37. The third-order valence-electron chi connectivity index (χ3n) is 4.59. The van der Waals surface area contributed by atoms with E-state index < -0.39 is 10.0 Å². The van der Waals surface area contributed by atoms with Crippen molar-refractivity contribution in [3.8, 4) is 16.9 Å². The summed E-state index contributed by atoms with van der Waals surface area (Å²) in [6, 6.07) is 12.6. The molecule has 1 saturated heterocycles. The van der Waals surface area contributed by atoms with Crippen LogP contribution < -0.4 is 4.74 Å². The van der Waals surface area contributed by atoms with Crippen LogP contribution in [0.1, 0.15) is 11.6 Å². The number of benzene rings is 1. The van der Waals surface area contributed by atoms with E-state index >= 15 is 0 Å². The lowest BCUT2D eigenvalue weighted by Crippen LogP contribution is -2.48. The highest BCUT2D eigenvalue weighted by molar-refractivity contribution is 7.89. The molecule has 6 nitrogen and oxygen atoms in total. The van der Waals surface area contributed by atoms with E-state index in [-0.39, 0.29) is 10.8 Å². The van der Waals surface area contributed by atoms with Crippen molar-refractivity contribution >= 4 is 10.0 Å². The monoisotopic (exact) mass is 370 g/mol. The van der Waals surface area contributed by atoms with Gasteiger partial charge < -0.3 is 9.15 Å². The Morgan fingerprint density at radius 1 is 1.15 bits per heavy atom. The lowest BCUT2D eigenvalue weighted by molar-refractivity contribution is 0.259. The molecule has 26 heavy (non-hydrogen) atoms. The predicted molar refractivity (Wildman–Crippen MR) is 96.4 cm³/mol. The second kappa shape index (κ2) is 6.59. The summed E-state index contributed by atoms with van der Waals surface area (Å²) in [6.07, 6.45) is 4.86. The number of methoxy groups -OCH3 is 1. The van der Waals surface area contributed by atoms with Gasteiger partial charge in [0.25, 0.3) is 0 Å². The van der Waals surface area contributed by atoms with Gasteiger partial charge in [0.05, 0.1) is 19.6 Å². The summed E-state index contributed by atoms with van der Waals surface area (Å²) < 4.78 is 38.0. The van der Waals surface area contributed by atoms with Crippen molar-refractivity contribution in [1.82, 2.24) is 9.29 Å². The van der Waals surface area contributed by atoms with Crippen LogP contribution in [0.3, 0.4) is 0 Å². The number of ether oxygens (including phenoxy) is 1. The van der Waals surface area contributed by atoms with Gasteiger partial charge in [-0.2, -0.15) is 4.31 Å². The topological polar surface area (TPSA) is 72.6 Å². The average Bonchev–Trinajstić information content (AvgIpc) is 3.15. The van der Waals surface area contributed by atoms with Crippen molar-refractivity contribution in [1.29, 1.82) is 0 Å². The molecule has 4 rings (SSSR count). The van der Waals surface area contributed by atoms with Crippen molar-refractivity contribution in [3.63, 3.8) is 0 Å². The van der Waals surface area contributed by atoms with Crippen LogP contribution in [-0.4, -0.2) is 37.9 Å².